The molecule has 0 aromatic rings. The Kier molecular flexibility index (Phi) is 4.36. The van der Waals surface area contributed by atoms with Crippen molar-refractivity contribution < 1.29 is 9.59 Å². The van der Waals surface area contributed by atoms with Gasteiger partial charge < -0.3 is 21.7 Å². The number of hydrogen-bond acceptors (Lipinski definition) is 3. The Hall–Kier alpha value is -1.30. The van der Waals surface area contributed by atoms with E-state index in [0.717, 1.165) is 12.8 Å². The SMILES string of the molecule is NCC1CCN(C(=O)NCC(N)=O)CC1. The van der Waals surface area contributed by atoms with Crippen LogP contribution in [-0.4, -0.2) is 43.0 Å². The van der Waals surface area contributed by atoms with Gasteiger partial charge in [0, 0.05) is 13.1 Å². The highest BCUT2D eigenvalue weighted by Gasteiger charge is 2.21. The number of hydrogen-bond donors (Lipinski definition) is 3. The van der Waals surface area contributed by atoms with E-state index >= 15 is 0 Å². The molecule has 1 fully saturated rings. The van der Waals surface area contributed by atoms with Gasteiger partial charge in [-0.2, -0.15) is 0 Å². The zero-order chi connectivity index (χ0) is 11.3. The van der Waals surface area contributed by atoms with Crippen molar-refractivity contribution in [1.82, 2.24) is 10.2 Å². The van der Waals surface area contributed by atoms with Gasteiger partial charge in [-0.05, 0) is 25.3 Å². The molecule has 15 heavy (non-hydrogen) atoms. The summed E-state index contributed by atoms with van der Waals surface area (Å²) in [6.45, 7) is 1.98. The molecule has 3 amide bonds. The van der Waals surface area contributed by atoms with Crippen LogP contribution in [0.1, 0.15) is 12.8 Å². The van der Waals surface area contributed by atoms with E-state index in [1.54, 1.807) is 4.90 Å². The number of likely N-dealkylation sites (tertiary alicyclic amines) is 1. The van der Waals surface area contributed by atoms with Gasteiger partial charge in [-0.15, -0.1) is 0 Å². The standard InChI is InChI=1S/C9H18N4O2/c10-5-7-1-3-13(4-2-7)9(15)12-6-8(11)14/h7H,1-6,10H2,(H2,11,14)(H,12,15). The number of urea groups is 1. The maximum absolute atomic E-state index is 11.5. The number of nitrogens with zero attached hydrogens (tertiary/aromatic N) is 1. The van der Waals surface area contributed by atoms with Gasteiger partial charge in [0.05, 0.1) is 6.54 Å². The van der Waals surface area contributed by atoms with Crippen LogP contribution in [0.3, 0.4) is 0 Å². The van der Waals surface area contributed by atoms with Crippen LogP contribution in [0.4, 0.5) is 4.79 Å². The Bertz CT molecular complexity index is 236. The largest absolute Gasteiger partial charge is 0.368 e. The molecule has 0 bridgehead atoms. The number of amides is 3. The predicted molar refractivity (Wildman–Crippen MR) is 55.9 cm³/mol. The van der Waals surface area contributed by atoms with Gasteiger partial charge in [0.2, 0.25) is 5.91 Å². The Morgan fingerprint density at radius 2 is 1.93 bits per heavy atom. The van der Waals surface area contributed by atoms with Crippen LogP contribution < -0.4 is 16.8 Å². The molecular weight excluding hydrogens is 196 g/mol. The second-order valence-corrected chi connectivity index (χ2v) is 3.79. The van der Waals surface area contributed by atoms with Crippen molar-refractivity contribution in [2.75, 3.05) is 26.2 Å². The number of carbonyl (C=O) groups is 2. The summed E-state index contributed by atoms with van der Waals surface area (Å²) in [7, 11) is 0. The highest BCUT2D eigenvalue weighted by atomic mass is 16.2. The zero-order valence-corrected chi connectivity index (χ0v) is 8.74. The first-order chi connectivity index (χ1) is 7.13. The van der Waals surface area contributed by atoms with Gasteiger partial charge in [0.15, 0.2) is 0 Å². The van der Waals surface area contributed by atoms with Crippen molar-refractivity contribution in [1.29, 1.82) is 0 Å². The van der Waals surface area contributed by atoms with Crippen LogP contribution in [-0.2, 0) is 4.79 Å². The van der Waals surface area contributed by atoms with Crippen molar-refractivity contribution in [3.8, 4) is 0 Å². The van der Waals surface area contributed by atoms with Gasteiger partial charge in [0.25, 0.3) is 0 Å². The molecule has 0 saturated carbocycles. The third-order valence-corrected chi connectivity index (χ3v) is 2.65. The molecule has 0 atom stereocenters. The number of nitrogens with one attached hydrogen (secondary N) is 1. The molecule has 0 aromatic heterocycles. The molecule has 86 valence electrons. The summed E-state index contributed by atoms with van der Waals surface area (Å²) in [5.74, 6) is -0.00890. The van der Waals surface area contributed by atoms with Crippen molar-refractivity contribution in [2.45, 2.75) is 12.8 Å². The number of carbonyl (C=O) groups excluding carboxylic acids is 2. The minimum Gasteiger partial charge on any atom is -0.368 e. The van der Waals surface area contributed by atoms with Gasteiger partial charge in [-0.25, -0.2) is 4.79 Å². The molecule has 1 aliphatic rings. The van der Waals surface area contributed by atoms with E-state index in [-0.39, 0.29) is 12.6 Å². The monoisotopic (exact) mass is 214 g/mol. The summed E-state index contributed by atoms with van der Waals surface area (Å²) in [5.41, 5.74) is 10.5. The van der Waals surface area contributed by atoms with Gasteiger partial charge in [0.1, 0.15) is 0 Å². The molecule has 1 saturated heterocycles. The van der Waals surface area contributed by atoms with E-state index in [9.17, 15) is 9.59 Å². The van der Waals surface area contributed by atoms with Gasteiger partial charge in [-0.3, -0.25) is 4.79 Å². The second kappa shape index (κ2) is 5.55. The van der Waals surface area contributed by atoms with Crippen LogP contribution in [0, 0.1) is 5.92 Å². The zero-order valence-electron chi connectivity index (χ0n) is 8.74. The molecule has 1 rings (SSSR count). The average molecular weight is 214 g/mol. The lowest BCUT2D eigenvalue weighted by atomic mass is 9.97. The molecule has 0 spiro atoms. The number of nitrogens with two attached hydrogens (primary N) is 2. The van der Waals surface area contributed by atoms with Crippen LogP contribution >= 0.6 is 0 Å². The van der Waals surface area contributed by atoms with Crippen molar-refractivity contribution in [2.24, 2.45) is 17.4 Å². The molecule has 0 aromatic carbocycles. The highest BCUT2D eigenvalue weighted by Crippen LogP contribution is 2.15. The van der Waals surface area contributed by atoms with E-state index in [4.69, 9.17) is 11.5 Å². The van der Waals surface area contributed by atoms with Crippen molar-refractivity contribution in [3.63, 3.8) is 0 Å². The fourth-order valence-corrected chi connectivity index (χ4v) is 1.65. The Labute approximate surface area is 89.0 Å². The Balaban J connectivity index is 2.27. The number of primary amides is 1. The molecule has 1 heterocycles. The molecule has 0 radical (unpaired) electrons. The second-order valence-electron chi connectivity index (χ2n) is 3.79. The number of rotatable bonds is 3. The van der Waals surface area contributed by atoms with E-state index in [0.29, 0.717) is 25.6 Å². The van der Waals surface area contributed by atoms with E-state index < -0.39 is 5.91 Å². The molecule has 1 aliphatic heterocycles. The van der Waals surface area contributed by atoms with Crippen LogP contribution in [0.25, 0.3) is 0 Å². The predicted octanol–water partition coefficient (Wildman–Crippen LogP) is -1.15. The highest BCUT2D eigenvalue weighted by molar-refractivity contribution is 5.82. The summed E-state index contributed by atoms with van der Waals surface area (Å²) in [6.07, 6.45) is 1.86. The summed E-state index contributed by atoms with van der Waals surface area (Å²) < 4.78 is 0. The lowest BCUT2D eigenvalue weighted by molar-refractivity contribution is -0.117. The quantitative estimate of drug-likeness (QED) is 0.553. The maximum Gasteiger partial charge on any atom is 0.317 e. The van der Waals surface area contributed by atoms with Gasteiger partial charge >= 0.3 is 6.03 Å². The lowest BCUT2D eigenvalue weighted by Crippen LogP contribution is -2.47. The lowest BCUT2D eigenvalue weighted by Gasteiger charge is -2.31. The molecule has 0 aliphatic carbocycles. The van der Waals surface area contributed by atoms with Crippen LogP contribution in [0.15, 0.2) is 0 Å². The van der Waals surface area contributed by atoms with E-state index in [1.807, 2.05) is 0 Å². The molecule has 6 heteroatoms. The fraction of sp³-hybridized carbons (Fsp3) is 0.778. The minimum absolute atomic E-state index is 0.102. The first-order valence-electron chi connectivity index (χ1n) is 5.14. The first-order valence-corrected chi connectivity index (χ1v) is 5.14. The summed E-state index contributed by atoms with van der Waals surface area (Å²) in [4.78, 5) is 23.6. The normalized spacial score (nSPS) is 17.5. The third-order valence-electron chi connectivity index (χ3n) is 2.65. The van der Waals surface area contributed by atoms with Crippen LogP contribution in [0.5, 0.6) is 0 Å². The topological polar surface area (TPSA) is 101 Å². The Morgan fingerprint density at radius 3 is 2.40 bits per heavy atom. The van der Waals surface area contributed by atoms with Crippen LogP contribution in [0.2, 0.25) is 0 Å². The smallest absolute Gasteiger partial charge is 0.317 e. The Morgan fingerprint density at radius 1 is 1.33 bits per heavy atom. The third kappa shape index (κ3) is 3.75. The number of piperidine rings is 1. The maximum atomic E-state index is 11.5. The summed E-state index contributed by atoms with van der Waals surface area (Å²) in [5, 5.41) is 2.47. The average Bonchev–Trinajstić information content (AvgIpc) is 2.26. The van der Waals surface area contributed by atoms with Crippen molar-refractivity contribution >= 4 is 11.9 Å². The summed E-state index contributed by atoms with van der Waals surface area (Å²) in [6, 6.07) is -0.218. The van der Waals surface area contributed by atoms with E-state index in [1.165, 1.54) is 0 Å². The molecule has 6 nitrogen and oxygen atoms in total. The first kappa shape index (κ1) is 11.8. The minimum atomic E-state index is -0.528. The van der Waals surface area contributed by atoms with E-state index in [2.05, 4.69) is 5.32 Å². The van der Waals surface area contributed by atoms with Crippen molar-refractivity contribution in [3.05, 3.63) is 0 Å². The molecular formula is C9H18N4O2. The molecule has 0 unspecified atom stereocenters. The fourth-order valence-electron chi connectivity index (χ4n) is 1.65. The van der Waals surface area contributed by atoms with Gasteiger partial charge in [-0.1, -0.05) is 0 Å². The molecule has 5 N–H and O–H groups in total. The summed E-state index contributed by atoms with van der Waals surface area (Å²) >= 11 is 0.